The molecule has 0 amide bonds. The van der Waals surface area contributed by atoms with Gasteiger partial charge in [-0.3, -0.25) is 10.8 Å². The molecule has 0 atom stereocenters. The molecule has 1 heterocycles. The first kappa shape index (κ1) is 21.5. The Morgan fingerprint density at radius 3 is 2.00 bits per heavy atom. The van der Waals surface area contributed by atoms with Crippen LogP contribution in [0.1, 0.15) is 11.1 Å². The molecule has 0 fully saturated rings. The van der Waals surface area contributed by atoms with Crippen molar-refractivity contribution in [2.45, 2.75) is 0 Å². The number of benzene rings is 2. The highest BCUT2D eigenvalue weighted by Gasteiger charge is 2.12. The van der Waals surface area contributed by atoms with E-state index in [9.17, 15) is 0 Å². The van der Waals surface area contributed by atoms with Gasteiger partial charge in [0.25, 0.3) is 0 Å². The van der Waals surface area contributed by atoms with Crippen LogP contribution in [0.5, 0.6) is 0 Å². The van der Waals surface area contributed by atoms with Crippen LogP contribution in [-0.4, -0.2) is 16.8 Å². The highest BCUT2D eigenvalue weighted by atomic mass is 35.5. The van der Waals surface area contributed by atoms with Crippen molar-refractivity contribution in [1.29, 1.82) is 10.8 Å². The van der Waals surface area contributed by atoms with E-state index in [1.54, 1.807) is 36.4 Å². The summed E-state index contributed by atoms with van der Waals surface area (Å²) >= 11 is 6.25. The van der Waals surface area contributed by atoms with E-state index in [1.807, 2.05) is 12.1 Å². The number of rotatable bonds is 4. The third kappa shape index (κ3) is 4.35. The van der Waals surface area contributed by atoms with Crippen molar-refractivity contribution in [3.05, 3.63) is 64.7 Å². The van der Waals surface area contributed by atoms with Gasteiger partial charge in [0.2, 0.25) is 0 Å². The topological polar surface area (TPSA) is 126 Å². The fraction of sp³-hybridized carbons (Fsp3) is 0. The van der Waals surface area contributed by atoms with Crippen molar-refractivity contribution >= 4 is 48.1 Å². The van der Waals surface area contributed by atoms with Crippen molar-refractivity contribution in [2.75, 3.05) is 0 Å². The molecule has 0 aliphatic heterocycles. The minimum atomic E-state index is -0.0464. The standard InChI is InChI=1S/C17H14ClN5O.2ClH/c18-13-7-11(17(21)22)5-6-12(13)14-8-15(24-23-14)9-1-3-10(4-2-9)16(19)20;;/h1-8H,(H3,19,20)(H3,21,22);2*1H. The normalized spacial score (nSPS) is 9.73. The summed E-state index contributed by atoms with van der Waals surface area (Å²) in [6, 6.07) is 14.0. The van der Waals surface area contributed by atoms with E-state index < -0.39 is 0 Å². The van der Waals surface area contributed by atoms with Crippen molar-refractivity contribution in [3.8, 4) is 22.6 Å². The zero-order valence-corrected chi connectivity index (χ0v) is 15.7. The van der Waals surface area contributed by atoms with Crippen molar-refractivity contribution in [3.63, 3.8) is 0 Å². The number of nitrogens with zero attached hydrogens (tertiary/aromatic N) is 1. The number of nitrogens with two attached hydrogens (primary N) is 2. The lowest BCUT2D eigenvalue weighted by atomic mass is 10.1. The number of hydrogen-bond donors (Lipinski definition) is 4. The van der Waals surface area contributed by atoms with Crippen LogP contribution >= 0.6 is 36.4 Å². The third-order valence-corrected chi connectivity index (χ3v) is 3.86. The maximum atomic E-state index is 7.43. The highest BCUT2D eigenvalue weighted by molar-refractivity contribution is 6.33. The van der Waals surface area contributed by atoms with E-state index in [1.165, 1.54) is 0 Å². The average molecular weight is 413 g/mol. The van der Waals surface area contributed by atoms with Crippen LogP contribution in [-0.2, 0) is 0 Å². The molecule has 0 aliphatic rings. The van der Waals surface area contributed by atoms with Gasteiger partial charge >= 0.3 is 0 Å². The molecular weight excluding hydrogens is 397 g/mol. The Bertz CT molecular complexity index is 938. The Hall–Kier alpha value is -2.54. The molecule has 6 N–H and O–H groups in total. The highest BCUT2D eigenvalue weighted by Crippen LogP contribution is 2.31. The summed E-state index contributed by atoms with van der Waals surface area (Å²) in [6.07, 6.45) is 0. The number of amidine groups is 2. The first-order valence-electron chi connectivity index (χ1n) is 7.01. The monoisotopic (exact) mass is 411 g/mol. The summed E-state index contributed by atoms with van der Waals surface area (Å²) in [7, 11) is 0. The second-order valence-electron chi connectivity index (χ2n) is 5.18. The molecule has 0 saturated heterocycles. The van der Waals surface area contributed by atoms with E-state index in [0.717, 1.165) is 5.56 Å². The van der Waals surface area contributed by atoms with Crippen LogP contribution < -0.4 is 11.5 Å². The van der Waals surface area contributed by atoms with Crippen molar-refractivity contribution < 1.29 is 4.52 Å². The van der Waals surface area contributed by atoms with Gasteiger partial charge in [0, 0.05) is 28.3 Å². The molecule has 0 radical (unpaired) electrons. The summed E-state index contributed by atoms with van der Waals surface area (Å²) in [4.78, 5) is 0. The molecule has 0 bridgehead atoms. The molecule has 2 aromatic carbocycles. The predicted octanol–water partition coefficient (Wildman–Crippen LogP) is 4.07. The maximum absolute atomic E-state index is 7.43. The fourth-order valence-corrected chi connectivity index (χ4v) is 2.52. The van der Waals surface area contributed by atoms with Gasteiger partial charge in [-0.15, -0.1) is 24.8 Å². The number of nitrogens with one attached hydrogen (secondary N) is 2. The molecule has 6 nitrogen and oxygen atoms in total. The number of nitrogen functional groups attached to an aromatic ring is 2. The smallest absolute Gasteiger partial charge is 0.167 e. The number of hydrogen-bond acceptors (Lipinski definition) is 4. The van der Waals surface area contributed by atoms with Crippen LogP contribution in [0, 0.1) is 10.8 Å². The Kier molecular flexibility index (Phi) is 7.20. The van der Waals surface area contributed by atoms with Gasteiger partial charge in [0.1, 0.15) is 17.4 Å². The summed E-state index contributed by atoms with van der Waals surface area (Å²) < 4.78 is 5.38. The van der Waals surface area contributed by atoms with E-state index >= 15 is 0 Å². The van der Waals surface area contributed by atoms with Crippen molar-refractivity contribution in [1.82, 2.24) is 5.16 Å². The molecule has 3 aromatic rings. The molecular formula is C17H16Cl3N5O. The van der Waals surface area contributed by atoms with Gasteiger partial charge in [-0.05, 0) is 6.07 Å². The summed E-state index contributed by atoms with van der Waals surface area (Å²) in [5.41, 5.74) is 14.2. The van der Waals surface area contributed by atoms with Crippen LogP contribution in [0.2, 0.25) is 5.02 Å². The van der Waals surface area contributed by atoms with Crippen LogP contribution in [0.25, 0.3) is 22.6 Å². The van der Waals surface area contributed by atoms with E-state index in [0.29, 0.717) is 33.2 Å². The van der Waals surface area contributed by atoms with Gasteiger partial charge in [0.15, 0.2) is 5.76 Å². The molecule has 136 valence electrons. The third-order valence-electron chi connectivity index (χ3n) is 3.55. The first-order chi connectivity index (χ1) is 11.5. The number of halogens is 3. The quantitative estimate of drug-likeness (QED) is 0.380. The second-order valence-corrected chi connectivity index (χ2v) is 5.58. The van der Waals surface area contributed by atoms with Crippen LogP contribution in [0.4, 0.5) is 0 Å². The van der Waals surface area contributed by atoms with E-state index in [-0.39, 0.29) is 36.5 Å². The molecule has 0 unspecified atom stereocenters. The Morgan fingerprint density at radius 1 is 0.885 bits per heavy atom. The van der Waals surface area contributed by atoms with Gasteiger partial charge in [0.05, 0.1) is 5.02 Å². The average Bonchev–Trinajstić information content (AvgIpc) is 3.04. The zero-order chi connectivity index (χ0) is 17.3. The van der Waals surface area contributed by atoms with Gasteiger partial charge < -0.3 is 16.0 Å². The second kappa shape index (κ2) is 8.71. The largest absolute Gasteiger partial charge is 0.384 e. The summed E-state index contributed by atoms with van der Waals surface area (Å²) in [5, 5.41) is 19.3. The lowest BCUT2D eigenvalue weighted by molar-refractivity contribution is 0.435. The zero-order valence-electron chi connectivity index (χ0n) is 13.3. The predicted molar refractivity (Wildman–Crippen MR) is 109 cm³/mol. The molecule has 0 aliphatic carbocycles. The molecule has 0 saturated carbocycles. The maximum Gasteiger partial charge on any atom is 0.167 e. The van der Waals surface area contributed by atoms with Crippen molar-refractivity contribution in [2.24, 2.45) is 11.5 Å². The molecule has 0 spiro atoms. The fourth-order valence-electron chi connectivity index (χ4n) is 2.24. The Balaban J connectivity index is 0.00000169. The molecule has 3 rings (SSSR count). The van der Waals surface area contributed by atoms with Gasteiger partial charge in [-0.2, -0.15) is 0 Å². The van der Waals surface area contributed by atoms with Gasteiger partial charge in [-0.25, -0.2) is 0 Å². The summed E-state index contributed by atoms with van der Waals surface area (Å²) in [5.74, 6) is 0.541. The molecule has 9 heteroatoms. The molecule has 26 heavy (non-hydrogen) atoms. The van der Waals surface area contributed by atoms with Gasteiger partial charge in [-0.1, -0.05) is 53.2 Å². The van der Waals surface area contributed by atoms with Crippen LogP contribution in [0.15, 0.2) is 53.1 Å². The SMILES string of the molecule is Cl.Cl.N=C(N)c1ccc(-c2cc(-c3ccc(C(=N)N)cc3Cl)no2)cc1. The van der Waals surface area contributed by atoms with Crippen LogP contribution in [0.3, 0.4) is 0 Å². The molecule has 1 aromatic heterocycles. The van der Waals surface area contributed by atoms with E-state index in [2.05, 4.69) is 5.16 Å². The van der Waals surface area contributed by atoms with E-state index in [4.69, 9.17) is 38.4 Å². The first-order valence-corrected chi connectivity index (χ1v) is 7.39. The Labute approximate surface area is 167 Å². The minimum Gasteiger partial charge on any atom is -0.384 e. The minimum absolute atomic E-state index is 0. The lowest BCUT2D eigenvalue weighted by Gasteiger charge is -2.03. The Morgan fingerprint density at radius 2 is 1.46 bits per heavy atom. The summed E-state index contributed by atoms with van der Waals surface area (Å²) in [6.45, 7) is 0. The number of aromatic nitrogens is 1. The lowest BCUT2D eigenvalue weighted by Crippen LogP contribution is -2.10.